The lowest BCUT2D eigenvalue weighted by atomic mass is 10.3. The summed E-state index contributed by atoms with van der Waals surface area (Å²) in [5.74, 6) is 0.876. The molecule has 2 aromatic rings. The Morgan fingerprint density at radius 3 is 3.06 bits per heavy atom. The van der Waals surface area contributed by atoms with Crippen LogP contribution in [0, 0.1) is 0 Å². The first-order valence-corrected chi connectivity index (χ1v) is 5.55. The lowest BCUT2D eigenvalue weighted by Gasteiger charge is -1.99. The van der Waals surface area contributed by atoms with Crippen molar-refractivity contribution >= 4 is 0 Å². The summed E-state index contributed by atoms with van der Waals surface area (Å²) >= 11 is 0. The maximum atomic E-state index is 4.33. The van der Waals surface area contributed by atoms with E-state index in [-0.39, 0.29) is 0 Å². The van der Waals surface area contributed by atoms with Crippen LogP contribution in [0.25, 0.3) is 11.4 Å². The van der Waals surface area contributed by atoms with Gasteiger partial charge in [0.1, 0.15) is 5.82 Å². The number of aromatic amines is 1. The van der Waals surface area contributed by atoms with Crippen molar-refractivity contribution in [3.63, 3.8) is 0 Å². The van der Waals surface area contributed by atoms with E-state index in [9.17, 15) is 0 Å². The predicted octanol–water partition coefficient (Wildman–Crippen LogP) is 1.97. The first-order chi connectivity index (χ1) is 7.90. The van der Waals surface area contributed by atoms with Gasteiger partial charge in [0.25, 0.3) is 0 Å². The molecule has 0 aliphatic carbocycles. The summed E-state index contributed by atoms with van der Waals surface area (Å²) in [5, 5.41) is 3.33. The molecular formula is C12H16N4. The molecule has 2 heterocycles. The molecule has 2 N–H and O–H groups in total. The SMILES string of the molecule is CCCNCc1cnc(-c2cccnc2)[nH]1. The highest BCUT2D eigenvalue weighted by atomic mass is 15.0. The van der Waals surface area contributed by atoms with Crippen molar-refractivity contribution in [3.05, 3.63) is 36.4 Å². The van der Waals surface area contributed by atoms with Crippen LogP contribution in [-0.4, -0.2) is 21.5 Å². The van der Waals surface area contributed by atoms with Crippen LogP contribution in [0.1, 0.15) is 19.0 Å². The van der Waals surface area contributed by atoms with E-state index in [1.807, 2.05) is 24.5 Å². The molecule has 0 radical (unpaired) electrons. The summed E-state index contributed by atoms with van der Waals surface area (Å²) in [5.41, 5.74) is 2.12. The van der Waals surface area contributed by atoms with E-state index in [2.05, 4.69) is 27.2 Å². The van der Waals surface area contributed by atoms with Crippen LogP contribution in [0.5, 0.6) is 0 Å². The van der Waals surface area contributed by atoms with Gasteiger partial charge >= 0.3 is 0 Å². The molecule has 0 saturated carbocycles. The zero-order valence-corrected chi connectivity index (χ0v) is 9.40. The molecule has 4 heteroatoms. The smallest absolute Gasteiger partial charge is 0.139 e. The second-order valence-electron chi connectivity index (χ2n) is 3.68. The fourth-order valence-corrected chi connectivity index (χ4v) is 1.50. The van der Waals surface area contributed by atoms with Gasteiger partial charge in [0.15, 0.2) is 0 Å². The Balaban J connectivity index is 2.02. The molecule has 16 heavy (non-hydrogen) atoms. The number of H-pyrrole nitrogens is 1. The summed E-state index contributed by atoms with van der Waals surface area (Å²) in [6.45, 7) is 4.02. The molecule has 0 atom stereocenters. The quantitative estimate of drug-likeness (QED) is 0.751. The van der Waals surface area contributed by atoms with Gasteiger partial charge in [-0.1, -0.05) is 6.92 Å². The van der Waals surface area contributed by atoms with E-state index >= 15 is 0 Å². The minimum atomic E-state index is 0.834. The van der Waals surface area contributed by atoms with Crippen molar-refractivity contribution in [2.24, 2.45) is 0 Å². The summed E-state index contributed by atoms with van der Waals surface area (Å²) in [7, 11) is 0. The molecule has 0 spiro atoms. The van der Waals surface area contributed by atoms with Crippen LogP contribution in [0.15, 0.2) is 30.7 Å². The third-order valence-corrected chi connectivity index (χ3v) is 2.31. The minimum absolute atomic E-state index is 0.834. The highest BCUT2D eigenvalue weighted by molar-refractivity contribution is 5.53. The van der Waals surface area contributed by atoms with E-state index in [1.165, 1.54) is 0 Å². The van der Waals surface area contributed by atoms with Crippen molar-refractivity contribution in [1.82, 2.24) is 20.3 Å². The molecule has 0 amide bonds. The summed E-state index contributed by atoms with van der Waals surface area (Å²) in [6.07, 6.45) is 6.58. The number of aromatic nitrogens is 3. The predicted molar refractivity (Wildman–Crippen MR) is 63.8 cm³/mol. The van der Waals surface area contributed by atoms with Crippen LogP contribution < -0.4 is 5.32 Å². The van der Waals surface area contributed by atoms with Crippen molar-refractivity contribution in [3.8, 4) is 11.4 Å². The Hall–Kier alpha value is -1.68. The molecule has 0 aromatic carbocycles. The molecule has 0 aliphatic heterocycles. The van der Waals surface area contributed by atoms with Gasteiger partial charge in [-0.25, -0.2) is 4.98 Å². The summed E-state index contributed by atoms with van der Waals surface area (Å²) in [6, 6.07) is 3.90. The molecule has 2 rings (SSSR count). The molecule has 2 aromatic heterocycles. The molecule has 4 nitrogen and oxygen atoms in total. The maximum absolute atomic E-state index is 4.33. The number of nitrogens with one attached hydrogen (secondary N) is 2. The third kappa shape index (κ3) is 2.67. The second kappa shape index (κ2) is 5.42. The van der Waals surface area contributed by atoms with Gasteiger partial charge in [-0.3, -0.25) is 4.98 Å². The number of imidazole rings is 1. The van der Waals surface area contributed by atoms with Gasteiger partial charge in [0, 0.05) is 36.4 Å². The van der Waals surface area contributed by atoms with Crippen molar-refractivity contribution in [2.75, 3.05) is 6.54 Å². The molecule has 0 fully saturated rings. The first-order valence-electron chi connectivity index (χ1n) is 5.55. The lowest BCUT2D eigenvalue weighted by Crippen LogP contribution is -2.13. The fourth-order valence-electron chi connectivity index (χ4n) is 1.50. The maximum Gasteiger partial charge on any atom is 0.139 e. The largest absolute Gasteiger partial charge is 0.341 e. The Bertz CT molecular complexity index is 422. The summed E-state index contributed by atoms with van der Waals surface area (Å²) < 4.78 is 0. The van der Waals surface area contributed by atoms with Gasteiger partial charge in [-0.05, 0) is 25.1 Å². The van der Waals surface area contributed by atoms with Crippen LogP contribution in [0.4, 0.5) is 0 Å². The van der Waals surface area contributed by atoms with Crippen molar-refractivity contribution in [1.29, 1.82) is 0 Å². The van der Waals surface area contributed by atoms with E-state index in [0.29, 0.717) is 0 Å². The number of nitrogens with zero attached hydrogens (tertiary/aromatic N) is 2. The van der Waals surface area contributed by atoms with E-state index in [4.69, 9.17) is 0 Å². The number of pyridine rings is 1. The molecule has 0 unspecified atom stereocenters. The fraction of sp³-hybridized carbons (Fsp3) is 0.333. The molecular weight excluding hydrogens is 200 g/mol. The van der Waals surface area contributed by atoms with Gasteiger partial charge in [-0.15, -0.1) is 0 Å². The molecule has 0 aliphatic rings. The highest BCUT2D eigenvalue weighted by Crippen LogP contribution is 2.13. The van der Waals surface area contributed by atoms with Crippen LogP contribution in [0.3, 0.4) is 0 Å². The van der Waals surface area contributed by atoms with Gasteiger partial charge in [0.2, 0.25) is 0 Å². The average Bonchev–Trinajstić information content (AvgIpc) is 2.79. The van der Waals surface area contributed by atoms with Crippen LogP contribution in [0.2, 0.25) is 0 Å². The minimum Gasteiger partial charge on any atom is -0.341 e. The van der Waals surface area contributed by atoms with Crippen LogP contribution >= 0.6 is 0 Å². The van der Waals surface area contributed by atoms with Gasteiger partial charge in [0.05, 0.1) is 0 Å². The Labute approximate surface area is 95.1 Å². The average molecular weight is 216 g/mol. The molecule has 0 saturated heterocycles. The Morgan fingerprint density at radius 1 is 1.38 bits per heavy atom. The molecule has 84 valence electrons. The normalized spacial score (nSPS) is 10.6. The number of hydrogen-bond donors (Lipinski definition) is 2. The third-order valence-electron chi connectivity index (χ3n) is 2.31. The molecule has 0 bridgehead atoms. The Morgan fingerprint density at radius 2 is 2.31 bits per heavy atom. The highest BCUT2D eigenvalue weighted by Gasteiger charge is 2.02. The van der Waals surface area contributed by atoms with E-state index < -0.39 is 0 Å². The number of rotatable bonds is 5. The zero-order chi connectivity index (χ0) is 11.2. The second-order valence-corrected chi connectivity index (χ2v) is 3.68. The van der Waals surface area contributed by atoms with Gasteiger partial charge in [-0.2, -0.15) is 0 Å². The summed E-state index contributed by atoms with van der Waals surface area (Å²) in [4.78, 5) is 11.7. The Kier molecular flexibility index (Phi) is 3.66. The zero-order valence-electron chi connectivity index (χ0n) is 9.40. The van der Waals surface area contributed by atoms with Crippen molar-refractivity contribution < 1.29 is 0 Å². The monoisotopic (exact) mass is 216 g/mol. The van der Waals surface area contributed by atoms with Crippen molar-refractivity contribution in [2.45, 2.75) is 19.9 Å². The topological polar surface area (TPSA) is 53.6 Å². The number of hydrogen-bond acceptors (Lipinski definition) is 3. The van der Waals surface area contributed by atoms with E-state index in [0.717, 1.165) is 36.6 Å². The van der Waals surface area contributed by atoms with Gasteiger partial charge < -0.3 is 10.3 Å². The van der Waals surface area contributed by atoms with Crippen LogP contribution in [-0.2, 0) is 6.54 Å². The lowest BCUT2D eigenvalue weighted by molar-refractivity contribution is 0.667. The standard InChI is InChI=1S/C12H16N4/c1-2-5-13-8-11-9-15-12(16-11)10-4-3-6-14-7-10/h3-4,6-7,9,13H,2,5,8H2,1H3,(H,15,16). The first kappa shape index (κ1) is 10.8. The van der Waals surface area contributed by atoms with E-state index in [1.54, 1.807) is 6.20 Å².